The molecule has 1 aromatic heterocycles. The first-order valence-corrected chi connectivity index (χ1v) is 9.77. The van der Waals surface area contributed by atoms with Crippen LogP contribution in [-0.4, -0.2) is 49.3 Å². The standard InChI is InChI=1S/C21H26N4O3/c1-14-11-17(27-2)4-6-18(14)23-20(26)15-3-5-19-16(12-15)13-22-21(24-19)25-7-9-28-10-8-25/h4,6,11,13,15H,3,5,7-10,12H2,1-2H3,(H,23,26). The molecule has 7 nitrogen and oxygen atoms in total. The number of hydrogen-bond acceptors (Lipinski definition) is 6. The van der Waals surface area contributed by atoms with E-state index in [1.165, 1.54) is 0 Å². The van der Waals surface area contributed by atoms with Gasteiger partial charge in [0.15, 0.2) is 0 Å². The van der Waals surface area contributed by atoms with Crippen molar-refractivity contribution in [2.45, 2.75) is 26.2 Å². The summed E-state index contributed by atoms with van der Waals surface area (Å²) in [5.74, 6) is 1.55. The number of morpholine rings is 1. The van der Waals surface area contributed by atoms with E-state index in [0.29, 0.717) is 19.6 Å². The maximum atomic E-state index is 12.8. The maximum Gasteiger partial charge on any atom is 0.227 e. The Labute approximate surface area is 165 Å². The molecule has 0 bridgehead atoms. The third-order valence-electron chi connectivity index (χ3n) is 5.49. The van der Waals surface area contributed by atoms with Crippen molar-refractivity contribution in [3.63, 3.8) is 0 Å². The van der Waals surface area contributed by atoms with E-state index in [9.17, 15) is 4.79 Å². The predicted molar refractivity (Wildman–Crippen MR) is 107 cm³/mol. The smallest absolute Gasteiger partial charge is 0.227 e. The molecule has 1 fully saturated rings. The van der Waals surface area contributed by atoms with Gasteiger partial charge < -0.3 is 19.7 Å². The Balaban J connectivity index is 1.42. The van der Waals surface area contributed by atoms with Crippen LogP contribution in [0.25, 0.3) is 0 Å². The molecule has 148 valence electrons. The molecule has 7 heteroatoms. The molecular formula is C21H26N4O3. The van der Waals surface area contributed by atoms with Crippen LogP contribution in [0.3, 0.4) is 0 Å². The van der Waals surface area contributed by atoms with Crippen LogP contribution in [-0.2, 0) is 22.4 Å². The highest BCUT2D eigenvalue weighted by molar-refractivity contribution is 5.93. The molecule has 0 saturated carbocycles. The van der Waals surface area contributed by atoms with Crippen molar-refractivity contribution in [3.05, 3.63) is 41.2 Å². The molecule has 1 aliphatic carbocycles. The zero-order valence-corrected chi connectivity index (χ0v) is 16.4. The first-order chi connectivity index (χ1) is 13.6. The molecule has 28 heavy (non-hydrogen) atoms. The zero-order chi connectivity index (χ0) is 19.5. The van der Waals surface area contributed by atoms with E-state index in [0.717, 1.165) is 60.1 Å². The topological polar surface area (TPSA) is 76.6 Å². The molecule has 2 aromatic rings. The third kappa shape index (κ3) is 3.94. The van der Waals surface area contributed by atoms with Crippen molar-refractivity contribution in [1.29, 1.82) is 0 Å². The molecule has 1 saturated heterocycles. The second-order valence-corrected chi connectivity index (χ2v) is 7.35. The Kier molecular flexibility index (Phi) is 5.43. The number of benzene rings is 1. The summed E-state index contributed by atoms with van der Waals surface area (Å²) >= 11 is 0. The SMILES string of the molecule is COc1ccc(NC(=O)C2CCc3nc(N4CCOCC4)ncc3C2)c(C)c1. The van der Waals surface area contributed by atoms with Gasteiger partial charge in [-0.05, 0) is 55.5 Å². The summed E-state index contributed by atoms with van der Waals surface area (Å²) in [6, 6.07) is 5.67. The van der Waals surface area contributed by atoms with Crippen LogP contribution in [0.1, 0.15) is 23.2 Å². The van der Waals surface area contributed by atoms with Crippen LogP contribution in [0.5, 0.6) is 5.75 Å². The highest BCUT2D eigenvalue weighted by atomic mass is 16.5. The lowest BCUT2D eigenvalue weighted by atomic mass is 9.86. The number of ether oxygens (including phenoxy) is 2. The number of nitrogens with one attached hydrogen (secondary N) is 1. The summed E-state index contributed by atoms with van der Waals surface area (Å²) in [5.41, 5.74) is 3.97. The van der Waals surface area contributed by atoms with Gasteiger partial charge in [-0.15, -0.1) is 0 Å². The molecule has 1 atom stereocenters. The van der Waals surface area contributed by atoms with E-state index in [-0.39, 0.29) is 11.8 Å². The van der Waals surface area contributed by atoms with Gasteiger partial charge in [0.1, 0.15) is 5.75 Å². The van der Waals surface area contributed by atoms with Gasteiger partial charge in [-0.1, -0.05) is 0 Å². The molecule has 1 aromatic carbocycles. The normalized spacial score (nSPS) is 19.1. The van der Waals surface area contributed by atoms with Crippen LogP contribution < -0.4 is 15.0 Å². The van der Waals surface area contributed by atoms with E-state index in [4.69, 9.17) is 14.5 Å². The lowest BCUT2D eigenvalue weighted by Crippen LogP contribution is -2.38. The minimum absolute atomic E-state index is 0.0520. The monoisotopic (exact) mass is 382 g/mol. The summed E-state index contributed by atoms with van der Waals surface area (Å²) in [5, 5.41) is 3.07. The van der Waals surface area contributed by atoms with Crippen molar-refractivity contribution in [1.82, 2.24) is 9.97 Å². The summed E-state index contributed by atoms with van der Waals surface area (Å²) in [4.78, 5) is 24.3. The highest BCUT2D eigenvalue weighted by Crippen LogP contribution is 2.28. The van der Waals surface area contributed by atoms with Gasteiger partial charge in [0, 0.05) is 36.6 Å². The van der Waals surface area contributed by atoms with Crippen molar-refractivity contribution in [3.8, 4) is 5.75 Å². The van der Waals surface area contributed by atoms with Crippen molar-refractivity contribution in [2.24, 2.45) is 5.92 Å². The van der Waals surface area contributed by atoms with Crippen LogP contribution in [0.4, 0.5) is 11.6 Å². The third-order valence-corrected chi connectivity index (χ3v) is 5.49. The van der Waals surface area contributed by atoms with Gasteiger partial charge in [0.2, 0.25) is 11.9 Å². The fourth-order valence-electron chi connectivity index (χ4n) is 3.77. The molecule has 0 radical (unpaired) electrons. The van der Waals surface area contributed by atoms with Gasteiger partial charge >= 0.3 is 0 Å². The first-order valence-electron chi connectivity index (χ1n) is 9.77. The van der Waals surface area contributed by atoms with Crippen LogP contribution >= 0.6 is 0 Å². The lowest BCUT2D eigenvalue weighted by molar-refractivity contribution is -0.120. The number of aromatic nitrogens is 2. The number of anilines is 2. The Morgan fingerprint density at radius 3 is 2.89 bits per heavy atom. The average molecular weight is 382 g/mol. The number of methoxy groups -OCH3 is 1. The van der Waals surface area contributed by atoms with Crippen LogP contribution in [0.15, 0.2) is 24.4 Å². The second kappa shape index (κ2) is 8.14. The molecule has 1 unspecified atom stereocenters. The van der Waals surface area contributed by atoms with E-state index in [2.05, 4.69) is 15.2 Å². The lowest BCUT2D eigenvalue weighted by Gasteiger charge is -2.29. The van der Waals surface area contributed by atoms with Crippen molar-refractivity contribution >= 4 is 17.5 Å². The Hall–Kier alpha value is -2.67. The maximum absolute atomic E-state index is 12.8. The second-order valence-electron chi connectivity index (χ2n) is 7.35. The minimum Gasteiger partial charge on any atom is -0.497 e. The summed E-state index contributed by atoms with van der Waals surface area (Å²) < 4.78 is 10.6. The average Bonchev–Trinajstić information content (AvgIpc) is 2.75. The Morgan fingerprint density at radius 2 is 2.14 bits per heavy atom. The van der Waals surface area contributed by atoms with Crippen molar-refractivity contribution in [2.75, 3.05) is 43.6 Å². The molecule has 2 aliphatic rings. The van der Waals surface area contributed by atoms with Crippen molar-refractivity contribution < 1.29 is 14.3 Å². The molecular weight excluding hydrogens is 356 g/mol. The zero-order valence-electron chi connectivity index (χ0n) is 16.4. The van der Waals surface area contributed by atoms with Gasteiger partial charge in [0.05, 0.1) is 20.3 Å². The minimum atomic E-state index is -0.0631. The Bertz CT molecular complexity index is 865. The summed E-state index contributed by atoms with van der Waals surface area (Å²) in [6.45, 7) is 5.05. The van der Waals surface area contributed by atoms with E-state index >= 15 is 0 Å². The van der Waals surface area contributed by atoms with Gasteiger partial charge in [-0.2, -0.15) is 0 Å². The number of amides is 1. The molecule has 2 heterocycles. The number of carbonyl (C=O) groups is 1. The fraction of sp³-hybridized carbons (Fsp3) is 0.476. The summed E-state index contributed by atoms with van der Waals surface area (Å²) in [7, 11) is 1.64. The molecule has 4 rings (SSSR count). The summed E-state index contributed by atoms with van der Waals surface area (Å²) in [6.07, 6.45) is 4.17. The number of hydrogen-bond donors (Lipinski definition) is 1. The predicted octanol–water partition coefficient (Wildman–Crippen LogP) is 2.37. The first kappa shape index (κ1) is 18.7. The molecule has 1 aliphatic heterocycles. The van der Waals surface area contributed by atoms with Gasteiger partial charge in [0.25, 0.3) is 0 Å². The number of rotatable bonds is 4. The number of aryl methyl sites for hydroxylation is 2. The van der Waals surface area contributed by atoms with Crippen LogP contribution in [0.2, 0.25) is 0 Å². The highest BCUT2D eigenvalue weighted by Gasteiger charge is 2.27. The number of fused-ring (bicyclic) bond motifs is 1. The molecule has 1 amide bonds. The number of carbonyl (C=O) groups excluding carboxylic acids is 1. The fourth-order valence-corrected chi connectivity index (χ4v) is 3.77. The quantitative estimate of drug-likeness (QED) is 0.875. The van der Waals surface area contributed by atoms with Gasteiger partial charge in [-0.3, -0.25) is 4.79 Å². The molecule has 0 spiro atoms. The van der Waals surface area contributed by atoms with E-state index in [1.54, 1.807) is 7.11 Å². The molecule has 1 N–H and O–H groups in total. The largest absolute Gasteiger partial charge is 0.497 e. The number of nitrogens with zero attached hydrogens (tertiary/aromatic N) is 3. The van der Waals surface area contributed by atoms with E-state index < -0.39 is 0 Å². The van der Waals surface area contributed by atoms with Gasteiger partial charge in [-0.25, -0.2) is 9.97 Å². The Morgan fingerprint density at radius 1 is 1.32 bits per heavy atom. The van der Waals surface area contributed by atoms with Crippen LogP contribution in [0, 0.1) is 12.8 Å². The van der Waals surface area contributed by atoms with E-state index in [1.807, 2.05) is 31.3 Å².